The van der Waals surface area contributed by atoms with Crippen LogP contribution in [-0.4, -0.2) is 62.4 Å². The number of carbonyl (C=O) groups excluding carboxylic acids is 1. The predicted octanol–water partition coefficient (Wildman–Crippen LogP) is 4.87. The molecule has 34 heavy (non-hydrogen) atoms. The highest BCUT2D eigenvalue weighted by Gasteiger charge is 2.72. The van der Waals surface area contributed by atoms with Gasteiger partial charge in [-0.1, -0.05) is 50.2 Å². The molecular formula is C27H48N2O5. The number of methoxy groups -OCH3 is 1. The summed E-state index contributed by atoms with van der Waals surface area (Å²) in [4.78, 5) is 12.5. The SMILES string of the molecule is COC1C(OC(=O)NCCCCCCCCCCN)CC[C@]2(CO2)C1C1(C)O[C@@H]1CC=C(C)C. The van der Waals surface area contributed by atoms with Crippen molar-refractivity contribution >= 4 is 6.09 Å². The van der Waals surface area contributed by atoms with Gasteiger partial charge in [-0.3, -0.25) is 0 Å². The van der Waals surface area contributed by atoms with Crippen molar-refractivity contribution < 1.29 is 23.7 Å². The van der Waals surface area contributed by atoms with E-state index in [9.17, 15) is 4.79 Å². The number of amides is 1. The van der Waals surface area contributed by atoms with E-state index in [1.165, 1.54) is 37.7 Å². The lowest BCUT2D eigenvalue weighted by Crippen LogP contribution is -2.56. The number of hydrogen-bond donors (Lipinski definition) is 2. The van der Waals surface area contributed by atoms with Crippen LogP contribution >= 0.6 is 0 Å². The van der Waals surface area contributed by atoms with Crippen LogP contribution in [0.3, 0.4) is 0 Å². The second kappa shape index (κ2) is 12.7. The molecule has 0 radical (unpaired) electrons. The molecule has 3 aliphatic rings. The van der Waals surface area contributed by atoms with Crippen molar-refractivity contribution in [3.8, 4) is 0 Å². The minimum Gasteiger partial charge on any atom is -0.443 e. The summed E-state index contributed by atoms with van der Waals surface area (Å²) in [7, 11) is 1.71. The molecule has 1 aliphatic carbocycles. The van der Waals surface area contributed by atoms with E-state index in [2.05, 4.69) is 32.2 Å². The number of rotatable bonds is 15. The fraction of sp³-hybridized carbons (Fsp3) is 0.889. The molecular weight excluding hydrogens is 432 g/mol. The topological polar surface area (TPSA) is 98.6 Å². The Balaban J connectivity index is 1.41. The first-order valence-electron chi connectivity index (χ1n) is 13.5. The molecule has 7 heteroatoms. The first kappa shape index (κ1) is 27.4. The van der Waals surface area contributed by atoms with E-state index in [0.29, 0.717) is 6.54 Å². The second-order valence-corrected chi connectivity index (χ2v) is 10.9. The lowest BCUT2D eigenvalue weighted by molar-refractivity contribution is -0.118. The molecule has 2 heterocycles. The molecule has 3 fully saturated rings. The summed E-state index contributed by atoms with van der Waals surface area (Å²) in [5.74, 6) is 0.0527. The number of hydrogen-bond acceptors (Lipinski definition) is 6. The van der Waals surface area contributed by atoms with E-state index in [1.807, 2.05) is 0 Å². The van der Waals surface area contributed by atoms with Crippen LogP contribution in [0.15, 0.2) is 11.6 Å². The van der Waals surface area contributed by atoms with Gasteiger partial charge in [-0.05, 0) is 59.4 Å². The number of carbonyl (C=O) groups is 1. The number of nitrogens with one attached hydrogen (secondary N) is 1. The van der Waals surface area contributed by atoms with Crippen molar-refractivity contribution in [3.05, 3.63) is 11.6 Å². The number of alkyl carbamates (subject to hydrolysis) is 1. The van der Waals surface area contributed by atoms with Gasteiger partial charge in [-0.25, -0.2) is 4.79 Å². The van der Waals surface area contributed by atoms with Gasteiger partial charge in [0.15, 0.2) is 0 Å². The number of unbranched alkanes of at least 4 members (excludes halogenated alkanes) is 7. The Morgan fingerprint density at radius 2 is 1.76 bits per heavy atom. The van der Waals surface area contributed by atoms with Gasteiger partial charge in [-0.15, -0.1) is 0 Å². The lowest BCUT2D eigenvalue weighted by Gasteiger charge is -2.42. The van der Waals surface area contributed by atoms with Crippen molar-refractivity contribution in [1.82, 2.24) is 5.32 Å². The van der Waals surface area contributed by atoms with Crippen LogP contribution in [0, 0.1) is 5.92 Å². The highest BCUT2D eigenvalue weighted by Crippen LogP contribution is 2.59. The summed E-state index contributed by atoms with van der Waals surface area (Å²) >= 11 is 0. The molecule has 1 amide bonds. The standard InChI is InChI=1S/C27H48N2O5/c1-20(2)13-14-22-26(3,34-22)24-23(31-4)21(15-16-27(24)19-32-27)33-25(30)29-18-12-10-8-6-5-7-9-11-17-28/h13,21-24H,5-12,14-19,28H2,1-4H3,(H,29,30)/t21?,22-,23?,24?,26?,27+/m1/s1. The molecule has 196 valence electrons. The third kappa shape index (κ3) is 7.19. The monoisotopic (exact) mass is 480 g/mol. The van der Waals surface area contributed by atoms with Gasteiger partial charge in [0.2, 0.25) is 0 Å². The Bertz CT molecular complexity index is 676. The zero-order valence-electron chi connectivity index (χ0n) is 21.9. The molecule has 2 saturated heterocycles. The summed E-state index contributed by atoms with van der Waals surface area (Å²) < 4.78 is 24.0. The number of ether oxygens (including phenoxy) is 4. The fourth-order valence-electron chi connectivity index (χ4n) is 5.77. The molecule has 1 spiro atoms. The molecule has 6 atom stereocenters. The second-order valence-electron chi connectivity index (χ2n) is 10.9. The Kier molecular flexibility index (Phi) is 10.3. The van der Waals surface area contributed by atoms with E-state index >= 15 is 0 Å². The minimum atomic E-state index is -0.344. The molecule has 0 aromatic heterocycles. The van der Waals surface area contributed by atoms with Crippen molar-refractivity contribution in [3.63, 3.8) is 0 Å². The quantitative estimate of drug-likeness (QED) is 0.197. The molecule has 1 saturated carbocycles. The Hall–Kier alpha value is -1.15. The van der Waals surface area contributed by atoms with Crippen LogP contribution in [0.25, 0.3) is 0 Å². The van der Waals surface area contributed by atoms with Crippen LogP contribution < -0.4 is 11.1 Å². The fourth-order valence-corrected chi connectivity index (χ4v) is 5.77. The highest BCUT2D eigenvalue weighted by atomic mass is 16.6. The van der Waals surface area contributed by atoms with E-state index in [0.717, 1.165) is 51.7 Å². The maximum atomic E-state index is 12.5. The summed E-state index contributed by atoms with van der Waals surface area (Å²) in [5.41, 5.74) is 6.31. The van der Waals surface area contributed by atoms with Gasteiger partial charge in [0.25, 0.3) is 0 Å². The van der Waals surface area contributed by atoms with Gasteiger partial charge >= 0.3 is 6.09 Å². The van der Waals surface area contributed by atoms with E-state index in [-0.39, 0.29) is 41.5 Å². The summed E-state index contributed by atoms with van der Waals surface area (Å²) in [5, 5.41) is 2.94. The predicted molar refractivity (Wildman–Crippen MR) is 134 cm³/mol. The third-order valence-electron chi connectivity index (χ3n) is 7.90. The molecule has 0 aromatic carbocycles. The first-order chi connectivity index (χ1) is 16.4. The Labute approximate surface area is 206 Å². The van der Waals surface area contributed by atoms with Gasteiger partial charge in [-0.2, -0.15) is 0 Å². The van der Waals surface area contributed by atoms with Crippen LogP contribution in [-0.2, 0) is 18.9 Å². The van der Waals surface area contributed by atoms with Crippen molar-refractivity contribution in [1.29, 1.82) is 0 Å². The normalized spacial score (nSPS) is 34.0. The molecule has 7 nitrogen and oxygen atoms in total. The maximum Gasteiger partial charge on any atom is 0.407 e. The highest BCUT2D eigenvalue weighted by molar-refractivity contribution is 5.67. The minimum absolute atomic E-state index is 0.0527. The molecule has 0 bridgehead atoms. The average Bonchev–Trinajstić information content (AvgIpc) is 3.72. The van der Waals surface area contributed by atoms with E-state index < -0.39 is 0 Å². The van der Waals surface area contributed by atoms with Crippen LogP contribution in [0.4, 0.5) is 4.79 Å². The lowest BCUT2D eigenvalue weighted by atomic mass is 9.68. The molecule has 2 aliphatic heterocycles. The average molecular weight is 481 g/mol. The van der Waals surface area contributed by atoms with Crippen LogP contribution in [0.5, 0.6) is 0 Å². The molecule has 3 N–H and O–H groups in total. The van der Waals surface area contributed by atoms with Gasteiger partial charge in [0.1, 0.15) is 23.4 Å². The Morgan fingerprint density at radius 3 is 2.35 bits per heavy atom. The molecule has 3 rings (SSSR count). The third-order valence-corrected chi connectivity index (χ3v) is 7.90. The van der Waals surface area contributed by atoms with Gasteiger partial charge < -0.3 is 30.0 Å². The van der Waals surface area contributed by atoms with Crippen LogP contribution in [0.2, 0.25) is 0 Å². The van der Waals surface area contributed by atoms with Crippen molar-refractivity contribution in [2.45, 2.75) is 121 Å². The summed E-state index contributed by atoms with van der Waals surface area (Å²) in [6.45, 7) is 8.56. The van der Waals surface area contributed by atoms with Crippen molar-refractivity contribution in [2.75, 3.05) is 26.8 Å². The largest absolute Gasteiger partial charge is 0.443 e. The molecule has 0 aromatic rings. The number of allylic oxidation sites excluding steroid dienone is 1. The Morgan fingerprint density at radius 1 is 1.12 bits per heavy atom. The summed E-state index contributed by atoms with van der Waals surface area (Å²) in [6, 6.07) is 0. The smallest absolute Gasteiger partial charge is 0.407 e. The number of epoxide rings is 2. The molecule has 4 unspecified atom stereocenters. The zero-order chi connectivity index (χ0) is 24.6. The van der Waals surface area contributed by atoms with Crippen molar-refractivity contribution in [2.24, 2.45) is 11.7 Å². The number of nitrogens with two attached hydrogens (primary N) is 1. The first-order valence-corrected chi connectivity index (χ1v) is 13.5. The van der Waals surface area contributed by atoms with Gasteiger partial charge in [0.05, 0.1) is 18.6 Å². The summed E-state index contributed by atoms with van der Waals surface area (Å²) in [6.07, 6.45) is 13.5. The van der Waals surface area contributed by atoms with E-state index in [4.69, 9.17) is 24.7 Å². The van der Waals surface area contributed by atoms with Crippen LogP contribution in [0.1, 0.15) is 91.4 Å². The zero-order valence-corrected chi connectivity index (χ0v) is 21.9. The van der Waals surface area contributed by atoms with E-state index in [1.54, 1.807) is 7.11 Å². The van der Waals surface area contributed by atoms with Gasteiger partial charge in [0, 0.05) is 13.7 Å². The maximum absolute atomic E-state index is 12.5.